The molecule has 1 aromatic rings. The maximum absolute atomic E-state index is 13.0. The number of amides is 2. The van der Waals surface area contributed by atoms with E-state index in [1.807, 2.05) is 4.90 Å². The minimum Gasteiger partial charge on any atom is -0.392 e. The number of aromatic amines is 1. The minimum atomic E-state index is -0.438. The van der Waals surface area contributed by atoms with Crippen LogP contribution in [0.1, 0.15) is 43.5 Å². The first kappa shape index (κ1) is 22.3. The van der Waals surface area contributed by atoms with Crippen molar-refractivity contribution >= 4 is 36.6 Å². The molecule has 3 fully saturated rings. The standard InChI is InChI=1S/C19H27N5O3.2ClH/c25-13-9-15(20-10-13)18(27)23-7-4-19(5-8-23)16-14(21-11-22-16)3-6-24(19)17(26)12-1-2-12;;/h11-13,15,20,25H,1-10H2,(H,21,22);2*1H/t13-,15+;;/m1../s1. The first-order valence-corrected chi connectivity index (χ1v) is 10.1. The van der Waals surface area contributed by atoms with Crippen LogP contribution in [0.5, 0.6) is 0 Å². The number of H-pyrrole nitrogens is 1. The number of nitrogens with zero attached hydrogens (tertiary/aromatic N) is 3. The Bertz CT molecular complexity index is 761. The molecule has 0 aromatic carbocycles. The number of imidazole rings is 1. The fourth-order valence-corrected chi connectivity index (χ4v) is 5.08. The zero-order valence-corrected chi connectivity index (χ0v) is 17.9. The van der Waals surface area contributed by atoms with Crippen molar-refractivity contribution in [1.82, 2.24) is 25.1 Å². The molecule has 2 amide bonds. The van der Waals surface area contributed by atoms with Gasteiger partial charge in [0.2, 0.25) is 11.8 Å². The SMILES string of the molecule is Cl.Cl.O=C([C@@H]1C[C@@H](O)CN1)N1CCC2(CC1)c1nc[nH]c1CCN2C(=O)C1CC1. The molecule has 29 heavy (non-hydrogen) atoms. The predicted octanol–water partition coefficient (Wildman–Crippen LogP) is 0.589. The largest absolute Gasteiger partial charge is 0.392 e. The van der Waals surface area contributed by atoms with Crippen molar-refractivity contribution in [1.29, 1.82) is 0 Å². The van der Waals surface area contributed by atoms with E-state index in [0.29, 0.717) is 26.1 Å². The highest BCUT2D eigenvalue weighted by atomic mass is 35.5. The van der Waals surface area contributed by atoms with Gasteiger partial charge in [0, 0.05) is 44.2 Å². The Morgan fingerprint density at radius 1 is 1.14 bits per heavy atom. The molecule has 0 unspecified atom stereocenters. The van der Waals surface area contributed by atoms with E-state index in [2.05, 4.69) is 20.2 Å². The number of carbonyl (C=O) groups excluding carboxylic acids is 2. The Labute approximate surface area is 182 Å². The van der Waals surface area contributed by atoms with Crippen LogP contribution in [-0.2, 0) is 21.5 Å². The number of aliphatic hydroxyl groups is 1. The minimum absolute atomic E-state index is 0. The lowest BCUT2D eigenvalue weighted by Crippen LogP contribution is -2.60. The third-order valence-electron chi connectivity index (χ3n) is 6.76. The summed E-state index contributed by atoms with van der Waals surface area (Å²) < 4.78 is 0. The van der Waals surface area contributed by atoms with Gasteiger partial charge in [-0.15, -0.1) is 24.8 Å². The van der Waals surface area contributed by atoms with Gasteiger partial charge in [-0.3, -0.25) is 9.59 Å². The van der Waals surface area contributed by atoms with Gasteiger partial charge < -0.3 is 25.2 Å². The number of hydrogen-bond acceptors (Lipinski definition) is 5. The molecule has 4 aliphatic rings. The average molecular weight is 446 g/mol. The summed E-state index contributed by atoms with van der Waals surface area (Å²) in [7, 11) is 0. The highest BCUT2D eigenvalue weighted by Crippen LogP contribution is 2.45. The van der Waals surface area contributed by atoms with Gasteiger partial charge in [-0.25, -0.2) is 4.98 Å². The van der Waals surface area contributed by atoms with Gasteiger partial charge in [-0.05, 0) is 32.1 Å². The van der Waals surface area contributed by atoms with E-state index in [1.165, 1.54) is 0 Å². The smallest absolute Gasteiger partial charge is 0.239 e. The molecule has 4 heterocycles. The third kappa shape index (κ3) is 3.76. The Morgan fingerprint density at radius 2 is 1.86 bits per heavy atom. The van der Waals surface area contributed by atoms with Crippen molar-refractivity contribution in [2.75, 3.05) is 26.2 Å². The second-order valence-electron chi connectivity index (χ2n) is 8.45. The van der Waals surface area contributed by atoms with E-state index in [1.54, 1.807) is 6.33 Å². The molecule has 3 aliphatic heterocycles. The third-order valence-corrected chi connectivity index (χ3v) is 6.76. The molecule has 3 N–H and O–H groups in total. The summed E-state index contributed by atoms with van der Waals surface area (Å²) in [6.07, 6.45) is 6.05. The molecule has 10 heteroatoms. The average Bonchev–Trinajstić information content (AvgIpc) is 3.25. The van der Waals surface area contributed by atoms with Crippen molar-refractivity contribution in [2.45, 2.75) is 56.2 Å². The molecular formula is C19H29Cl2N5O3. The molecule has 0 radical (unpaired) electrons. The molecule has 8 nitrogen and oxygen atoms in total. The van der Waals surface area contributed by atoms with Crippen LogP contribution in [0, 0.1) is 5.92 Å². The van der Waals surface area contributed by atoms with Crippen molar-refractivity contribution in [3.8, 4) is 0 Å². The lowest BCUT2D eigenvalue weighted by Gasteiger charge is -2.50. The number of nitrogens with one attached hydrogen (secondary N) is 2. The number of likely N-dealkylation sites (tertiary alicyclic amines) is 1. The Morgan fingerprint density at radius 3 is 2.48 bits per heavy atom. The molecule has 1 aromatic heterocycles. The molecular weight excluding hydrogens is 417 g/mol. The number of fused-ring (bicyclic) bond motifs is 2. The van der Waals surface area contributed by atoms with Gasteiger partial charge in [0.1, 0.15) is 0 Å². The summed E-state index contributed by atoms with van der Waals surface area (Å²) in [5.74, 6) is 0.523. The first-order valence-electron chi connectivity index (χ1n) is 10.1. The second kappa shape index (κ2) is 8.41. The maximum Gasteiger partial charge on any atom is 0.239 e. The van der Waals surface area contributed by atoms with Crippen molar-refractivity contribution in [3.63, 3.8) is 0 Å². The van der Waals surface area contributed by atoms with Crippen LogP contribution >= 0.6 is 24.8 Å². The Hall–Kier alpha value is -1.35. The summed E-state index contributed by atoms with van der Waals surface area (Å²) in [5.41, 5.74) is 1.76. The van der Waals surface area contributed by atoms with E-state index in [4.69, 9.17) is 0 Å². The van der Waals surface area contributed by atoms with E-state index in [0.717, 1.165) is 50.0 Å². The van der Waals surface area contributed by atoms with Crippen LogP contribution in [0.15, 0.2) is 6.33 Å². The topological polar surface area (TPSA) is 102 Å². The van der Waals surface area contributed by atoms with Crippen molar-refractivity contribution in [3.05, 3.63) is 17.7 Å². The molecule has 1 aliphatic carbocycles. The summed E-state index contributed by atoms with van der Waals surface area (Å²) in [5, 5.41) is 12.8. The fourth-order valence-electron chi connectivity index (χ4n) is 5.08. The van der Waals surface area contributed by atoms with Gasteiger partial charge in [-0.1, -0.05) is 0 Å². The normalized spacial score (nSPS) is 27.8. The molecule has 1 saturated carbocycles. The molecule has 2 saturated heterocycles. The van der Waals surface area contributed by atoms with Gasteiger partial charge in [0.15, 0.2) is 0 Å². The highest BCUT2D eigenvalue weighted by Gasteiger charge is 2.51. The molecule has 162 valence electrons. The molecule has 5 rings (SSSR count). The van der Waals surface area contributed by atoms with Gasteiger partial charge >= 0.3 is 0 Å². The van der Waals surface area contributed by atoms with Crippen molar-refractivity contribution < 1.29 is 14.7 Å². The van der Waals surface area contributed by atoms with E-state index < -0.39 is 6.10 Å². The molecule has 1 spiro atoms. The Balaban J connectivity index is 0.00000120. The summed E-state index contributed by atoms with van der Waals surface area (Å²) in [4.78, 5) is 37.6. The number of rotatable bonds is 2. The summed E-state index contributed by atoms with van der Waals surface area (Å²) in [6.45, 7) is 2.45. The van der Waals surface area contributed by atoms with Crippen LogP contribution in [-0.4, -0.2) is 75.0 Å². The highest BCUT2D eigenvalue weighted by molar-refractivity contribution is 5.86. The summed E-state index contributed by atoms with van der Waals surface area (Å²) in [6, 6.07) is -0.287. The first-order chi connectivity index (χ1) is 13.1. The number of carbonyl (C=O) groups is 2. The fraction of sp³-hybridized carbons (Fsp3) is 0.737. The van der Waals surface area contributed by atoms with E-state index >= 15 is 0 Å². The van der Waals surface area contributed by atoms with Gasteiger partial charge in [0.25, 0.3) is 0 Å². The number of piperidine rings is 1. The number of halogens is 2. The zero-order valence-electron chi connectivity index (χ0n) is 16.3. The number of aliphatic hydroxyl groups excluding tert-OH is 1. The number of hydrogen-bond donors (Lipinski definition) is 3. The Kier molecular flexibility index (Phi) is 6.48. The molecule has 2 atom stereocenters. The lowest BCUT2D eigenvalue weighted by molar-refractivity contribution is -0.146. The summed E-state index contributed by atoms with van der Waals surface area (Å²) >= 11 is 0. The van der Waals surface area contributed by atoms with Gasteiger partial charge in [-0.2, -0.15) is 0 Å². The lowest BCUT2D eigenvalue weighted by atomic mass is 9.78. The van der Waals surface area contributed by atoms with Crippen LogP contribution in [0.25, 0.3) is 0 Å². The second-order valence-corrected chi connectivity index (χ2v) is 8.45. The quantitative estimate of drug-likeness (QED) is 0.618. The predicted molar refractivity (Wildman–Crippen MR) is 111 cm³/mol. The van der Waals surface area contributed by atoms with Crippen LogP contribution < -0.4 is 5.32 Å². The monoisotopic (exact) mass is 445 g/mol. The zero-order chi connectivity index (χ0) is 18.6. The molecule has 0 bridgehead atoms. The van der Waals surface area contributed by atoms with Crippen LogP contribution in [0.2, 0.25) is 0 Å². The van der Waals surface area contributed by atoms with Crippen LogP contribution in [0.4, 0.5) is 0 Å². The number of β-amino-alcohol motifs (C(OH)–C–C–N with tert-alkyl or cyclic N) is 1. The van der Waals surface area contributed by atoms with E-state index in [9.17, 15) is 14.7 Å². The van der Waals surface area contributed by atoms with E-state index in [-0.39, 0.29) is 54.1 Å². The van der Waals surface area contributed by atoms with Gasteiger partial charge in [0.05, 0.1) is 29.7 Å². The number of aromatic nitrogens is 2. The van der Waals surface area contributed by atoms with Crippen molar-refractivity contribution in [2.24, 2.45) is 5.92 Å². The van der Waals surface area contributed by atoms with Crippen LogP contribution in [0.3, 0.4) is 0 Å². The maximum atomic E-state index is 13.0.